The Kier molecular flexibility index (Phi) is 6.67. The van der Waals surface area contributed by atoms with Crippen molar-refractivity contribution in [3.05, 3.63) is 65.5 Å². The average molecular weight is 391 g/mol. The van der Waals surface area contributed by atoms with E-state index in [1.165, 1.54) is 12.1 Å². The summed E-state index contributed by atoms with van der Waals surface area (Å²) in [6.45, 7) is 1.67. The summed E-state index contributed by atoms with van der Waals surface area (Å²) in [4.78, 5) is 18.4. The molecular formula is C21H24F3N3O. The molecule has 28 heavy (non-hydrogen) atoms. The van der Waals surface area contributed by atoms with Crippen molar-refractivity contribution in [2.75, 3.05) is 13.1 Å². The SMILES string of the molecule is O=C1CCC(CCNCc2cccc(C(F)(F)F)c2)N1CCc1ccccn1. The molecule has 2 heterocycles. The van der Waals surface area contributed by atoms with Gasteiger partial charge in [-0.25, -0.2) is 0 Å². The Balaban J connectivity index is 1.45. The number of hydrogen-bond donors (Lipinski definition) is 1. The van der Waals surface area contributed by atoms with Gasteiger partial charge in [-0.2, -0.15) is 13.2 Å². The number of aromatic nitrogens is 1. The van der Waals surface area contributed by atoms with Gasteiger partial charge in [0.05, 0.1) is 5.56 Å². The molecule has 1 amide bonds. The number of hydrogen-bond acceptors (Lipinski definition) is 3. The Morgan fingerprint density at radius 2 is 2.04 bits per heavy atom. The number of carbonyl (C=O) groups excluding carboxylic acids is 1. The van der Waals surface area contributed by atoms with Gasteiger partial charge in [-0.1, -0.05) is 24.3 Å². The standard InChI is InChI=1S/C21H24F3N3O/c22-21(23,24)17-5-3-4-16(14-17)15-25-12-9-19-7-8-20(28)27(19)13-10-18-6-1-2-11-26-18/h1-6,11,14,19,25H,7-10,12-13,15H2. The van der Waals surface area contributed by atoms with E-state index in [1.54, 1.807) is 12.3 Å². The highest BCUT2D eigenvalue weighted by atomic mass is 19.4. The Labute approximate surface area is 162 Å². The van der Waals surface area contributed by atoms with Crippen molar-refractivity contribution in [1.82, 2.24) is 15.2 Å². The Morgan fingerprint density at radius 1 is 1.18 bits per heavy atom. The van der Waals surface area contributed by atoms with Crippen LogP contribution in [0.25, 0.3) is 0 Å². The van der Waals surface area contributed by atoms with E-state index in [1.807, 2.05) is 23.1 Å². The Morgan fingerprint density at radius 3 is 2.79 bits per heavy atom. The summed E-state index contributed by atoms with van der Waals surface area (Å²) in [5.41, 5.74) is 0.932. The van der Waals surface area contributed by atoms with Crippen LogP contribution in [0.5, 0.6) is 0 Å². The number of amides is 1. The minimum Gasteiger partial charge on any atom is -0.339 e. The van der Waals surface area contributed by atoms with E-state index in [9.17, 15) is 18.0 Å². The number of rotatable bonds is 8. The first-order valence-electron chi connectivity index (χ1n) is 9.50. The molecule has 4 nitrogen and oxygen atoms in total. The topological polar surface area (TPSA) is 45.2 Å². The molecule has 1 N–H and O–H groups in total. The van der Waals surface area contributed by atoms with E-state index in [0.717, 1.165) is 31.0 Å². The lowest BCUT2D eigenvalue weighted by atomic mass is 10.1. The van der Waals surface area contributed by atoms with Gasteiger partial charge in [-0.3, -0.25) is 9.78 Å². The number of pyridine rings is 1. The molecule has 1 unspecified atom stereocenters. The summed E-state index contributed by atoms with van der Waals surface area (Å²) in [7, 11) is 0. The molecule has 0 saturated carbocycles. The smallest absolute Gasteiger partial charge is 0.339 e. The second-order valence-corrected chi connectivity index (χ2v) is 7.01. The third kappa shape index (κ3) is 5.55. The first-order chi connectivity index (χ1) is 13.4. The maximum absolute atomic E-state index is 12.8. The molecule has 7 heteroatoms. The number of likely N-dealkylation sites (tertiary alicyclic amines) is 1. The van der Waals surface area contributed by atoms with E-state index in [0.29, 0.717) is 31.6 Å². The van der Waals surface area contributed by atoms with E-state index in [-0.39, 0.29) is 11.9 Å². The first-order valence-corrected chi connectivity index (χ1v) is 9.50. The van der Waals surface area contributed by atoms with Crippen LogP contribution in [-0.4, -0.2) is 34.9 Å². The zero-order valence-corrected chi connectivity index (χ0v) is 15.6. The Bertz CT molecular complexity index is 780. The maximum atomic E-state index is 12.8. The highest BCUT2D eigenvalue weighted by Gasteiger charge is 2.31. The van der Waals surface area contributed by atoms with Crippen LogP contribution >= 0.6 is 0 Å². The van der Waals surface area contributed by atoms with Gasteiger partial charge in [0, 0.05) is 43.9 Å². The van der Waals surface area contributed by atoms with Crippen LogP contribution in [0.4, 0.5) is 13.2 Å². The van der Waals surface area contributed by atoms with Crippen LogP contribution in [0.2, 0.25) is 0 Å². The summed E-state index contributed by atoms with van der Waals surface area (Å²) in [6, 6.07) is 11.3. The second-order valence-electron chi connectivity index (χ2n) is 7.01. The van der Waals surface area contributed by atoms with E-state index in [2.05, 4.69) is 10.3 Å². The monoisotopic (exact) mass is 391 g/mol. The van der Waals surface area contributed by atoms with Crippen LogP contribution in [0.1, 0.15) is 36.1 Å². The fourth-order valence-corrected chi connectivity index (χ4v) is 3.54. The molecule has 0 aliphatic carbocycles. The number of carbonyl (C=O) groups is 1. The largest absolute Gasteiger partial charge is 0.416 e. The van der Waals surface area contributed by atoms with E-state index >= 15 is 0 Å². The predicted molar refractivity (Wildman–Crippen MR) is 100 cm³/mol. The molecule has 150 valence electrons. The van der Waals surface area contributed by atoms with Crippen molar-refractivity contribution in [2.24, 2.45) is 0 Å². The number of benzene rings is 1. The lowest BCUT2D eigenvalue weighted by Crippen LogP contribution is -2.36. The maximum Gasteiger partial charge on any atom is 0.416 e. The van der Waals surface area contributed by atoms with Crippen molar-refractivity contribution >= 4 is 5.91 Å². The van der Waals surface area contributed by atoms with Gasteiger partial charge in [-0.05, 0) is 43.1 Å². The quantitative estimate of drug-likeness (QED) is 0.696. The van der Waals surface area contributed by atoms with Gasteiger partial charge < -0.3 is 10.2 Å². The second kappa shape index (κ2) is 9.19. The number of alkyl halides is 3. The van der Waals surface area contributed by atoms with Crippen molar-refractivity contribution in [3.63, 3.8) is 0 Å². The van der Waals surface area contributed by atoms with Crippen molar-refractivity contribution in [1.29, 1.82) is 0 Å². The summed E-state index contributed by atoms with van der Waals surface area (Å²) in [5, 5.41) is 3.20. The van der Waals surface area contributed by atoms with Crippen LogP contribution < -0.4 is 5.32 Å². The molecule has 1 aromatic carbocycles. The third-order valence-electron chi connectivity index (χ3n) is 5.03. The van der Waals surface area contributed by atoms with Gasteiger partial charge in [0.15, 0.2) is 0 Å². The summed E-state index contributed by atoms with van der Waals surface area (Å²) in [6.07, 6.45) is 0.311. The zero-order valence-electron chi connectivity index (χ0n) is 15.6. The van der Waals surface area contributed by atoms with Gasteiger partial charge in [0.25, 0.3) is 0 Å². The molecule has 0 bridgehead atoms. The van der Waals surface area contributed by atoms with E-state index < -0.39 is 11.7 Å². The summed E-state index contributed by atoms with van der Waals surface area (Å²) < 4.78 is 38.3. The zero-order chi connectivity index (χ0) is 20.0. The highest BCUT2D eigenvalue weighted by Crippen LogP contribution is 2.29. The predicted octanol–water partition coefficient (Wildman–Crippen LogP) is 3.81. The van der Waals surface area contributed by atoms with Gasteiger partial charge in [-0.15, -0.1) is 0 Å². The molecule has 0 radical (unpaired) electrons. The third-order valence-corrected chi connectivity index (χ3v) is 5.03. The molecule has 1 aromatic heterocycles. The fourth-order valence-electron chi connectivity index (χ4n) is 3.54. The van der Waals surface area contributed by atoms with Crippen LogP contribution in [-0.2, 0) is 23.9 Å². The van der Waals surface area contributed by atoms with Gasteiger partial charge >= 0.3 is 6.18 Å². The molecule has 1 atom stereocenters. The van der Waals surface area contributed by atoms with Crippen molar-refractivity contribution < 1.29 is 18.0 Å². The molecule has 1 aliphatic rings. The van der Waals surface area contributed by atoms with Crippen LogP contribution in [0, 0.1) is 0 Å². The molecular weight excluding hydrogens is 367 g/mol. The van der Waals surface area contributed by atoms with E-state index in [4.69, 9.17) is 0 Å². The van der Waals surface area contributed by atoms with Crippen molar-refractivity contribution in [2.45, 2.75) is 44.4 Å². The number of halogens is 3. The normalized spacial score (nSPS) is 17.3. The van der Waals surface area contributed by atoms with Crippen molar-refractivity contribution in [3.8, 4) is 0 Å². The first kappa shape index (κ1) is 20.3. The molecule has 2 aromatic rings. The molecule has 0 spiro atoms. The number of nitrogens with one attached hydrogen (secondary N) is 1. The molecule has 1 aliphatic heterocycles. The number of nitrogens with zero attached hydrogens (tertiary/aromatic N) is 2. The lowest BCUT2D eigenvalue weighted by molar-refractivity contribution is -0.137. The highest BCUT2D eigenvalue weighted by molar-refractivity contribution is 5.78. The minimum absolute atomic E-state index is 0.166. The molecule has 1 saturated heterocycles. The minimum atomic E-state index is -4.33. The molecule has 3 rings (SSSR count). The Hall–Kier alpha value is -2.41. The fraction of sp³-hybridized carbons (Fsp3) is 0.429. The van der Waals surface area contributed by atoms with Crippen LogP contribution in [0.15, 0.2) is 48.7 Å². The van der Waals surface area contributed by atoms with Gasteiger partial charge in [0.1, 0.15) is 0 Å². The van der Waals surface area contributed by atoms with Crippen LogP contribution in [0.3, 0.4) is 0 Å². The van der Waals surface area contributed by atoms with Gasteiger partial charge in [0.2, 0.25) is 5.91 Å². The molecule has 1 fully saturated rings. The summed E-state index contributed by atoms with van der Waals surface area (Å²) in [5.74, 6) is 0.166. The lowest BCUT2D eigenvalue weighted by Gasteiger charge is -2.25. The summed E-state index contributed by atoms with van der Waals surface area (Å²) >= 11 is 0. The average Bonchev–Trinajstić information content (AvgIpc) is 3.03.